The highest BCUT2D eigenvalue weighted by atomic mass is 32.2. The van der Waals surface area contributed by atoms with Gasteiger partial charge < -0.3 is 20.0 Å². The Kier molecular flexibility index (Phi) is 7.73. The quantitative estimate of drug-likeness (QED) is 0.349. The average molecular weight is 453 g/mol. The highest BCUT2D eigenvalue weighted by molar-refractivity contribution is 8.02. The van der Waals surface area contributed by atoms with E-state index in [0.29, 0.717) is 32.5 Å². The van der Waals surface area contributed by atoms with Gasteiger partial charge in [0.1, 0.15) is 6.04 Å². The molecule has 174 valence electrons. The number of thioether (sulfide) groups is 1. The third kappa shape index (κ3) is 4.01. The molecule has 2 amide bonds. The van der Waals surface area contributed by atoms with Crippen LogP contribution in [0.1, 0.15) is 52.4 Å². The van der Waals surface area contributed by atoms with E-state index in [1.807, 2.05) is 0 Å². The molecule has 3 heterocycles. The minimum atomic E-state index is -0.924. The van der Waals surface area contributed by atoms with Gasteiger partial charge in [-0.1, -0.05) is 26.3 Å². The Morgan fingerprint density at radius 2 is 2.06 bits per heavy atom. The number of carboxylic acid groups (broad SMARTS) is 1. The lowest BCUT2D eigenvalue weighted by atomic mass is 9.66. The fraction of sp³-hybridized carbons (Fsp3) is 0.783. The number of carbonyl (C=O) groups is 3. The second kappa shape index (κ2) is 9.94. The molecule has 3 rings (SSSR count). The molecule has 0 aromatic heterocycles. The summed E-state index contributed by atoms with van der Waals surface area (Å²) in [5, 5.41) is 18.9. The van der Waals surface area contributed by atoms with Crippen LogP contribution in [0.25, 0.3) is 0 Å². The summed E-state index contributed by atoms with van der Waals surface area (Å²) in [5.74, 6) is -2.45. The van der Waals surface area contributed by atoms with Gasteiger partial charge in [-0.2, -0.15) is 0 Å². The topological polar surface area (TPSA) is 98.2 Å². The zero-order chi connectivity index (χ0) is 22.8. The SMILES string of the molecule is C=CCN(CCCC)C(=O)C1N(CCCCCO)C(=O)[C@@H]2[C@H](C(=O)O)[C@@H]3CC(C)C12S3. The number of hydrogen-bond acceptors (Lipinski definition) is 5. The van der Waals surface area contributed by atoms with Crippen LogP contribution in [0.5, 0.6) is 0 Å². The summed E-state index contributed by atoms with van der Waals surface area (Å²) in [7, 11) is 0. The largest absolute Gasteiger partial charge is 0.481 e. The lowest BCUT2D eigenvalue weighted by molar-refractivity contribution is -0.149. The number of amides is 2. The van der Waals surface area contributed by atoms with Gasteiger partial charge in [0.15, 0.2) is 0 Å². The fourth-order valence-electron chi connectivity index (χ4n) is 5.86. The summed E-state index contributed by atoms with van der Waals surface area (Å²) in [6.45, 7) is 9.51. The van der Waals surface area contributed by atoms with E-state index in [1.54, 1.807) is 27.6 Å². The molecule has 3 aliphatic rings. The van der Waals surface area contributed by atoms with Crippen molar-refractivity contribution in [1.82, 2.24) is 9.80 Å². The summed E-state index contributed by atoms with van der Waals surface area (Å²) in [5.41, 5.74) is 0. The molecule has 3 fully saturated rings. The van der Waals surface area contributed by atoms with Crippen molar-refractivity contribution in [2.75, 3.05) is 26.2 Å². The molecule has 0 aromatic carbocycles. The normalized spacial score (nSPS) is 33.6. The minimum absolute atomic E-state index is 0.0719. The number of likely N-dealkylation sites (tertiary alicyclic amines) is 1. The van der Waals surface area contributed by atoms with Crippen molar-refractivity contribution < 1.29 is 24.6 Å². The molecule has 0 aliphatic carbocycles. The number of unbranched alkanes of at least 4 members (excludes halogenated alkanes) is 3. The highest BCUT2D eigenvalue weighted by Crippen LogP contribution is 2.68. The molecule has 0 radical (unpaired) electrons. The maximum atomic E-state index is 13.9. The van der Waals surface area contributed by atoms with Gasteiger partial charge in [0.25, 0.3) is 0 Å². The Bertz CT molecular complexity index is 716. The number of carboxylic acids is 1. The van der Waals surface area contributed by atoms with Crippen molar-refractivity contribution in [3.05, 3.63) is 12.7 Å². The van der Waals surface area contributed by atoms with Crippen molar-refractivity contribution >= 4 is 29.5 Å². The van der Waals surface area contributed by atoms with E-state index in [0.717, 1.165) is 25.7 Å². The van der Waals surface area contributed by atoms with Crippen LogP contribution < -0.4 is 0 Å². The Morgan fingerprint density at radius 3 is 2.68 bits per heavy atom. The van der Waals surface area contributed by atoms with Crippen LogP contribution in [0.4, 0.5) is 0 Å². The fourth-order valence-corrected chi connectivity index (χ4v) is 8.27. The summed E-state index contributed by atoms with van der Waals surface area (Å²) < 4.78 is -0.676. The van der Waals surface area contributed by atoms with Crippen molar-refractivity contribution in [1.29, 1.82) is 0 Å². The van der Waals surface area contributed by atoms with E-state index in [2.05, 4.69) is 20.4 Å². The van der Waals surface area contributed by atoms with E-state index in [1.165, 1.54) is 0 Å². The average Bonchev–Trinajstić information content (AvgIpc) is 3.32. The summed E-state index contributed by atoms with van der Waals surface area (Å²) in [6.07, 6.45) is 6.37. The summed E-state index contributed by atoms with van der Waals surface area (Å²) in [4.78, 5) is 43.1. The van der Waals surface area contributed by atoms with Gasteiger partial charge in [-0.25, -0.2) is 0 Å². The van der Waals surface area contributed by atoms with E-state index in [4.69, 9.17) is 5.11 Å². The molecule has 0 saturated carbocycles. The number of carbonyl (C=O) groups excluding carboxylic acids is 2. The third-order valence-corrected chi connectivity index (χ3v) is 9.34. The van der Waals surface area contributed by atoms with E-state index < -0.39 is 28.6 Å². The van der Waals surface area contributed by atoms with Crippen LogP contribution in [-0.4, -0.2) is 80.1 Å². The molecular weight excluding hydrogens is 416 g/mol. The second-order valence-corrected chi connectivity index (χ2v) is 10.7. The molecule has 2 bridgehead atoms. The predicted molar refractivity (Wildman–Crippen MR) is 121 cm³/mol. The third-order valence-electron chi connectivity index (χ3n) is 7.26. The van der Waals surface area contributed by atoms with Crippen LogP contribution in [-0.2, 0) is 14.4 Å². The zero-order valence-corrected chi connectivity index (χ0v) is 19.5. The van der Waals surface area contributed by atoms with Crippen molar-refractivity contribution in [3.8, 4) is 0 Å². The molecular formula is C23H36N2O5S. The standard InChI is InChI=1S/C23H36N2O5S/c1-4-6-11-24(10-5-2)21(28)19-23-15(3)14-16(31-23)17(22(29)30)18(23)20(27)25(19)12-8-7-9-13-26/h5,15-19,26H,2,4,6-14H2,1,3H3,(H,29,30)/t15?,16-,17+,18-,19?,23?/m0/s1. The van der Waals surface area contributed by atoms with E-state index >= 15 is 0 Å². The number of aliphatic hydroxyl groups is 1. The van der Waals surface area contributed by atoms with E-state index in [9.17, 15) is 19.5 Å². The Labute approximate surface area is 189 Å². The van der Waals surface area contributed by atoms with Crippen molar-refractivity contribution in [2.45, 2.75) is 68.4 Å². The lowest BCUT2D eigenvalue weighted by Gasteiger charge is -2.40. The predicted octanol–water partition coefficient (Wildman–Crippen LogP) is 2.39. The molecule has 8 heteroatoms. The summed E-state index contributed by atoms with van der Waals surface area (Å²) in [6, 6.07) is -0.634. The van der Waals surface area contributed by atoms with Gasteiger partial charge in [0.2, 0.25) is 11.8 Å². The van der Waals surface area contributed by atoms with Crippen LogP contribution in [0.2, 0.25) is 0 Å². The van der Waals surface area contributed by atoms with Crippen LogP contribution in [0, 0.1) is 17.8 Å². The molecule has 3 aliphatic heterocycles. The molecule has 3 saturated heterocycles. The number of aliphatic hydroxyl groups excluding tert-OH is 1. The number of nitrogens with zero attached hydrogens (tertiary/aromatic N) is 2. The maximum Gasteiger partial charge on any atom is 0.308 e. The summed E-state index contributed by atoms with van der Waals surface area (Å²) >= 11 is 1.58. The zero-order valence-electron chi connectivity index (χ0n) is 18.7. The molecule has 3 unspecified atom stereocenters. The number of aliphatic carboxylic acids is 1. The van der Waals surface area contributed by atoms with Crippen molar-refractivity contribution in [3.63, 3.8) is 0 Å². The van der Waals surface area contributed by atoms with Gasteiger partial charge in [-0.05, 0) is 38.0 Å². The Morgan fingerprint density at radius 1 is 1.32 bits per heavy atom. The minimum Gasteiger partial charge on any atom is -0.481 e. The van der Waals surface area contributed by atoms with Crippen molar-refractivity contribution in [2.24, 2.45) is 17.8 Å². The van der Waals surface area contributed by atoms with Crippen LogP contribution in [0.3, 0.4) is 0 Å². The number of rotatable bonds is 12. The first-order chi connectivity index (χ1) is 14.8. The number of fused-ring (bicyclic) bond motifs is 1. The van der Waals surface area contributed by atoms with E-state index in [-0.39, 0.29) is 29.6 Å². The second-order valence-electron chi connectivity index (χ2n) is 9.13. The van der Waals surface area contributed by atoms with Gasteiger partial charge in [0.05, 0.1) is 16.6 Å². The van der Waals surface area contributed by atoms with Gasteiger partial charge in [-0.15, -0.1) is 18.3 Å². The lowest BCUT2D eigenvalue weighted by Crippen LogP contribution is -2.57. The van der Waals surface area contributed by atoms with Gasteiger partial charge in [0, 0.05) is 31.5 Å². The Balaban J connectivity index is 1.98. The smallest absolute Gasteiger partial charge is 0.308 e. The first kappa shape index (κ1) is 24.1. The van der Waals surface area contributed by atoms with Crippen LogP contribution >= 0.6 is 11.8 Å². The maximum absolute atomic E-state index is 13.9. The monoisotopic (exact) mass is 452 g/mol. The molecule has 7 nitrogen and oxygen atoms in total. The first-order valence-electron chi connectivity index (χ1n) is 11.6. The van der Waals surface area contributed by atoms with Crippen LogP contribution in [0.15, 0.2) is 12.7 Å². The highest BCUT2D eigenvalue weighted by Gasteiger charge is 2.76. The van der Waals surface area contributed by atoms with Gasteiger partial charge in [-0.3, -0.25) is 14.4 Å². The number of hydrogen-bond donors (Lipinski definition) is 2. The molecule has 0 aromatic rings. The molecule has 1 spiro atoms. The van der Waals surface area contributed by atoms with Gasteiger partial charge >= 0.3 is 5.97 Å². The molecule has 6 atom stereocenters. The molecule has 31 heavy (non-hydrogen) atoms. The molecule has 2 N–H and O–H groups in total. The first-order valence-corrected chi connectivity index (χ1v) is 12.4. The Hall–Kier alpha value is -1.54.